The SMILES string of the molecule is NNC(c1cncc(F)c1)c1ncccc1F. The summed E-state index contributed by atoms with van der Waals surface area (Å²) in [5.74, 6) is 4.32. The van der Waals surface area contributed by atoms with Crippen molar-refractivity contribution < 1.29 is 8.78 Å². The second-order valence-corrected chi connectivity index (χ2v) is 3.41. The molecule has 0 spiro atoms. The number of nitrogens with zero attached hydrogens (tertiary/aromatic N) is 2. The third-order valence-electron chi connectivity index (χ3n) is 2.29. The van der Waals surface area contributed by atoms with Crippen LogP contribution < -0.4 is 11.3 Å². The Labute approximate surface area is 96.5 Å². The van der Waals surface area contributed by atoms with Gasteiger partial charge in [0.1, 0.15) is 11.6 Å². The van der Waals surface area contributed by atoms with E-state index in [9.17, 15) is 8.78 Å². The van der Waals surface area contributed by atoms with Crippen LogP contribution in [-0.4, -0.2) is 9.97 Å². The summed E-state index contributed by atoms with van der Waals surface area (Å²) < 4.78 is 26.6. The van der Waals surface area contributed by atoms with Gasteiger partial charge in [-0.3, -0.25) is 15.8 Å². The average molecular weight is 236 g/mol. The topological polar surface area (TPSA) is 63.8 Å². The van der Waals surface area contributed by atoms with Crippen LogP contribution in [0.3, 0.4) is 0 Å². The summed E-state index contributed by atoms with van der Waals surface area (Å²) in [5, 5.41) is 0. The first-order valence-corrected chi connectivity index (χ1v) is 4.89. The van der Waals surface area contributed by atoms with Crippen molar-refractivity contribution in [2.45, 2.75) is 6.04 Å². The zero-order chi connectivity index (χ0) is 12.3. The molecule has 0 aromatic carbocycles. The first-order valence-electron chi connectivity index (χ1n) is 4.89. The van der Waals surface area contributed by atoms with Gasteiger partial charge in [0.05, 0.1) is 17.9 Å². The lowest BCUT2D eigenvalue weighted by atomic mass is 10.1. The van der Waals surface area contributed by atoms with Crippen molar-refractivity contribution in [3.8, 4) is 0 Å². The Morgan fingerprint density at radius 3 is 2.76 bits per heavy atom. The van der Waals surface area contributed by atoms with Crippen LogP contribution in [0.4, 0.5) is 8.78 Å². The highest BCUT2D eigenvalue weighted by atomic mass is 19.1. The van der Waals surface area contributed by atoms with Gasteiger partial charge in [-0.15, -0.1) is 0 Å². The fourth-order valence-electron chi connectivity index (χ4n) is 1.53. The molecule has 0 aliphatic carbocycles. The fourth-order valence-corrected chi connectivity index (χ4v) is 1.53. The van der Waals surface area contributed by atoms with E-state index >= 15 is 0 Å². The molecule has 0 saturated heterocycles. The van der Waals surface area contributed by atoms with Crippen LogP contribution in [0.1, 0.15) is 17.3 Å². The summed E-state index contributed by atoms with van der Waals surface area (Å²) in [5.41, 5.74) is 2.90. The zero-order valence-corrected chi connectivity index (χ0v) is 8.77. The molecule has 2 heterocycles. The van der Waals surface area contributed by atoms with Crippen LogP contribution in [0, 0.1) is 11.6 Å². The maximum atomic E-state index is 13.5. The Hall–Kier alpha value is -1.92. The quantitative estimate of drug-likeness (QED) is 0.623. The van der Waals surface area contributed by atoms with Crippen LogP contribution >= 0.6 is 0 Å². The number of nitrogens with two attached hydrogens (primary N) is 1. The van der Waals surface area contributed by atoms with Crippen molar-refractivity contribution in [2.24, 2.45) is 5.84 Å². The lowest BCUT2D eigenvalue weighted by Crippen LogP contribution is -2.30. The van der Waals surface area contributed by atoms with E-state index in [2.05, 4.69) is 15.4 Å². The Kier molecular flexibility index (Phi) is 3.36. The summed E-state index contributed by atoms with van der Waals surface area (Å²) in [6, 6.07) is 3.22. The lowest BCUT2D eigenvalue weighted by Gasteiger charge is -2.15. The van der Waals surface area contributed by atoms with E-state index in [1.807, 2.05) is 0 Å². The first-order chi connectivity index (χ1) is 8.22. The molecule has 0 aliphatic rings. The van der Waals surface area contributed by atoms with Crippen molar-refractivity contribution >= 4 is 0 Å². The van der Waals surface area contributed by atoms with Gasteiger partial charge in [-0.2, -0.15) is 0 Å². The summed E-state index contributed by atoms with van der Waals surface area (Å²) in [7, 11) is 0. The molecular formula is C11H10F2N4. The third kappa shape index (κ3) is 2.43. The van der Waals surface area contributed by atoms with E-state index in [-0.39, 0.29) is 5.69 Å². The molecule has 0 aliphatic heterocycles. The third-order valence-corrected chi connectivity index (χ3v) is 2.29. The first kappa shape index (κ1) is 11.6. The maximum Gasteiger partial charge on any atom is 0.146 e. The smallest absolute Gasteiger partial charge is 0.146 e. The largest absolute Gasteiger partial charge is 0.271 e. The number of hydrogen-bond acceptors (Lipinski definition) is 4. The van der Waals surface area contributed by atoms with Gasteiger partial charge in [-0.25, -0.2) is 14.2 Å². The number of hydrazine groups is 1. The van der Waals surface area contributed by atoms with E-state index in [0.29, 0.717) is 5.56 Å². The molecule has 0 amide bonds. The van der Waals surface area contributed by atoms with Gasteiger partial charge in [-0.1, -0.05) is 0 Å². The fraction of sp³-hybridized carbons (Fsp3) is 0.0909. The van der Waals surface area contributed by atoms with Gasteiger partial charge in [0, 0.05) is 12.4 Å². The number of rotatable bonds is 3. The standard InChI is InChI=1S/C11H10F2N4/c12-8-4-7(5-15-6-8)10(17-14)11-9(13)2-1-3-16-11/h1-6,10,17H,14H2. The van der Waals surface area contributed by atoms with E-state index < -0.39 is 17.7 Å². The molecule has 1 atom stereocenters. The molecule has 2 aromatic rings. The second-order valence-electron chi connectivity index (χ2n) is 3.41. The van der Waals surface area contributed by atoms with E-state index in [4.69, 9.17) is 5.84 Å². The summed E-state index contributed by atoms with van der Waals surface area (Å²) >= 11 is 0. The van der Waals surface area contributed by atoms with E-state index in [1.54, 1.807) is 0 Å². The van der Waals surface area contributed by atoms with Crippen LogP contribution in [0.25, 0.3) is 0 Å². The highest BCUT2D eigenvalue weighted by Crippen LogP contribution is 2.21. The van der Waals surface area contributed by atoms with Gasteiger partial charge >= 0.3 is 0 Å². The molecule has 3 N–H and O–H groups in total. The van der Waals surface area contributed by atoms with Gasteiger partial charge < -0.3 is 0 Å². The predicted molar refractivity (Wildman–Crippen MR) is 57.6 cm³/mol. The number of hydrogen-bond donors (Lipinski definition) is 2. The molecular weight excluding hydrogens is 226 g/mol. The Balaban J connectivity index is 2.44. The molecule has 0 saturated carbocycles. The number of pyridine rings is 2. The van der Waals surface area contributed by atoms with E-state index in [0.717, 1.165) is 6.20 Å². The predicted octanol–water partition coefficient (Wildman–Crippen LogP) is 1.31. The highest BCUT2D eigenvalue weighted by Gasteiger charge is 2.18. The molecule has 6 heteroatoms. The van der Waals surface area contributed by atoms with Crippen LogP contribution in [0.15, 0.2) is 36.8 Å². The Morgan fingerprint density at radius 1 is 1.29 bits per heavy atom. The second kappa shape index (κ2) is 4.94. The molecule has 1 unspecified atom stereocenters. The minimum Gasteiger partial charge on any atom is -0.271 e. The summed E-state index contributed by atoms with van der Waals surface area (Å²) in [6.45, 7) is 0. The van der Waals surface area contributed by atoms with Crippen LogP contribution in [0.5, 0.6) is 0 Å². The van der Waals surface area contributed by atoms with Crippen molar-refractivity contribution in [2.75, 3.05) is 0 Å². The van der Waals surface area contributed by atoms with Gasteiger partial charge in [0.2, 0.25) is 0 Å². The molecule has 2 rings (SSSR count). The zero-order valence-electron chi connectivity index (χ0n) is 8.77. The van der Waals surface area contributed by atoms with Crippen LogP contribution in [0.2, 0.25) is 0 Å². The average Bonchev–Trinajstić information content (AvgIpc) is 2.33. The monoisotopic (exact) mass is 236 g/mol. The molecule has 17 heavy (non-hydrogen) atoms. The summed E-state index contributed by atoms with van der Waals surface area (Å²) in [4.78, 5) is 7.58. The van der Waals surface area contributed by atoms with Gasteiger partial charge in [0.25, 0.3) is 0 Å². The minimum atomic E-state index is -0.737. The number of halogens is 2. The van der Waals surface area contributed by atoms with Gasteiger partial charge in [-0.05, 0) is 23.8 Å². The van der Waals surface area contributed by atoms with Crippen molar-refractivity contribution in [1.82, 2.24) is 15.4 Å². The minimum absolute atomic E-state index is 0.0994. The molecule has 0 radical (unpaired) electrons. The number of nitrogens with one attached hydrogen (secondary N) is 1. The Morgan fingerprint density at radius 2 is 2.12 bits per heavy atom. The van der Waals surface area contributed by atoms with E-state index in [1.165, 1.54) is 30.6 Å². The van der Waals surface area contributed by atoms with Crippen molar-refractivity contribution in [3.05, 3.63) is 59.7 Å². The molecule has 2 aromatic heterocycles. The van der Waals surface area contributed by atoms with Crippen LogP contribution in [-0.2, 0) is 0 Å². The highest BCUT2D eigenvalue weighted by molar-refractivity contribution is 5.26. The molecule has 0 fully saturated rings. The lowest BCUT2D eigenvalue weighted by molar-refractivity contribution is 0.538. The normalized spacial score (nSPS) is 12.4. The maximum absolute atomic E-state index is 13.5. The number of aromatic nitrogens is 2. The Bertz CT molecular complexity index is 518. The van der Waals surface area contributed by atoms with Crippen molar-refractivity contribution in [3.63, 3.8) is 0 Å². The summed E-state index contributed by atoms with van der Waals surface area (Å²) in [6.07, 6.45) is 3.91. The van der Waals surface area contributed by atoms with Gasteiger partial charge in [0.15, 0.2) is 0 Å². The van der Waals surface area contributed by atoms with Crippen molar-refractivity contribution in [1.29, 1.82) is 0 Å². The molecule has 0 bridgehead atoms. The molecule has 88 valence electrons. The molecule has 4 nitrogen and oxygen atoms in total.